The second-order valence-corrected chi connectivity index (χ2v) is 2.68. The molecule has 0 rings (SSSR count). The Morgan fingerprint density at radius 1 is 1.58 bits per heavy atom. The highest BCUT2D eigenvalue weighted by molar-refractivity contribution is 5.20. The Hall–Kier alpha value is -0.700. The number of alkyl halides is 2. The van der Waals surface area contributed by atoms with Gasteiger partial charge in [0.2, 0.25) is 6.43 Å². The van der Waals surface area contributed by atoms with Crippen LogP contribution in [0.5, 0.6) is 0 Å². The normalized spacial score (nSPS) is 12.2. The lowest BCUT2D eigenvalue weighted by Crippen LogP contribution is -1.94. The number of methoxy groups -OCH3 is 1. The number of rotatable bonds is 5. The molecule has 0 saturated heterocycles. The predicted octanol–water partition coefficient (Wildman–Crippen LogP) is 2.79. The molecule has 0 atom stereocenters. The highest BCUT2D eigenvalue weighted by Crippen LogP contribution is 2.10. The highest BCUT2D eigenvalue weighted by Gasteiger charge is 2.02. The van der Waals surface area contributed by atoms with Crippen molar-refractivity contribution in [1.29, 1.82) is 0 Å². The van der Waals surface area contributed by atoms with E-state index in [1.165, 1.54) is 0 Å². The molecule has 0 N–H and O–H groups in total. The van der Waals surface area contributed by atoms with Gasteiger partial charge in [-0.1, -0.05) is 18.2 Å². The Kier molecular flexibility index (Phi) is 5.54. The summed E-state index contributed by atoms with van der Waals surface area (Å²) in [5, 5.41) is 0. The average molecular weight is 176 g/mol. The van der Waals surface area contributed by atoms with Gasteiger partial charge in [0.05, 0.1) is 6.61 Å². The molecule has 0 saturated carbocycles. The summed E-state index contributed by atoms with van der Waals surface area (Å²) in [5.74, 6) is 0. The number of hydrogen-bond acceptors (Lipinski definition) is 1. The monoisotopic (exact) mass is 176 g/mol. The molecule has 0 aromatic rings. The van der Waals surface area contributed by atoms with Crippen molar-refractivity contribution in [2.24, 2.45) is 0 Å². The fraction of sp³-hybridized carbons (Fsp3) is 0.556. The Bertz CT molecular complexity index is 173. The second kappa shape index (κ2) is 5.89. The van der Waals surface area contributed by atoms with Gasteiger partial charge < -0.3 is 4.74 Å². The summed E-state index contributed by atoms with van der Waals surface area (Å²) in [4.78, 5) is 0. The molecule has 0 fully saturated rings. The van der Waals surface area contributed by atoms with E-state index in [1.54, 1.807) is 20.1 Å². The van der Waals surface area contributed by atoms with Crippen LogP contribution in [0.15, 0.2) is 23.8 Å². The van der Waals surface area contributed by atoms with Crippen molar-refractivity contribution in [3.05, 3.63) is 23.8 Å². The van der Waals surface area contributed by atoms with E-state index in [2.05, 4.69) is 6.58 Å². The van der Waals surface area contributed by atoms with Gasteiger partial charge in [0, 0.05) is 13.5 Å². The number of halogens is 2. The molecule has 0 amide bonds. The molecule has 0 aliphatic carbocycles. The highest BCUT2D eigenvalue weighted by atomic mass is 19.3. The van der Waals surface area contributed by atoms with E-state index in [0.29, 0.717) is 12.2 Å². The van der Waals surface area contributed by atoms with Crippen LogP contribution in [0, 0.1) is 0 Å². The van der Waals surface area contributed by atoms with Crippen molar-refractivity contribution in [3.63, 3.8) is 0 Å². The first-order chi connectivity index (χ1) is 5.56. The topological polar surface area (TPSA) is 9.23 Å². The first-order valence-electron chi connectivity index (χ1n) is 3.68. The van der Waals surface area contributed by atoms with Crippen LogP contribution in [0.2, 0.25) is 0 Å². The van der Waals surface area contributed by atoms with E-state index in [0.717, 1.165) is 5.57 Å². The van der Waals surface area contributed by atoms with Crippen molar-refractivity contribution in [3.8, 4) is 0 Å². The third kappa shape index (κ3) is 6.04. The number of allylic oxidation sites excluding steroid dienone is 1. The molecule has 0 unspecified atom stereocenters. The lowest BCUT2D eigenvalue weighted by Gasteiger charge is -2.01. The molecule has 1 nitrogen and oxygen atoms in total. The SMILES string of the molecule is C=C(/C=C(/C)CC(F)F)COC. The van der Waals surface area contributed by atoms with Crippen LogP contribution in [0.4, 0.5) is 8.78 Å². The standard InChI is InChI=1S/C9H14F2O/c1-7(5-9(10)11)4-8(2)6-12-3/h4,9H,2,5-6H2,1,3H3/b7-4-. The largest absolute Gasteiger partial charge is 0.380 e. The summed E-state index contributed by atoms with van der Waals surface area (Å²) in [6.45, 7) is 5.69. The van der Waals surface area contributed by atoms with Crippen molar-refractivity contribution in [2.45, 2.75) is 19.8 Å². The quantitative estimate of drug-likeness (QED) is 0.585. The molecular formula is C9H14F2O. The minimum Gasteiger partial charge on any atom is -0.380 e. The van der Waals surface area contributed by atoms with Gasteiger partial charge in [0.1, 0.15) is 0 Å². The first kappa shape index (κ1) is 11.3. The van der Waals surface area contributed by atoms with E-state index >= 15 is 0 Å². The predicted molar refractivity (Wildman–Crippen MR) is 45.4 cm³/mol. The maximum atomic E-state index is 11.8. The molecular weight excluding hydrogens is 162 g/mol. The zero-order valence-electron chi connectivity index (χ0n) is 7.44. The van der Waals surface area contributed by atoms with Crippen LogP contribution in [-0.2, 0) is 4.74 Å². The van der Waals surface area contributed by atoms with Gasteiger partial charge in [-0.05, 0) is 12.5 Å². The Balaban J connectivity index is 3.89. The van der Waals surface area contributed by atoms with Crippen LogP contribution in [0.1, 0.15) is 13.3 Å². The summed E-state index contributed by atoms with van der Waals surface area (Å²) in [7, 11) is 1.54. The van der Waals surface area contributed by atoms with E-state index in [-0.39, 0.29) is 6.42 Å². The van der Waals surface area contributed by atoms with Crippen LogP contribution in [-0.4, -0.2) is 20.1 Å². The van der Waals surface area contributed by atoms with Gasteiger partial charge in [0.25, 0.3) is 0 Å². The lowest BCUT2D eigenvalue weighted by molar-refractivity contribution is 0.149. The second-order valence-electron chi connectivity index (χ2n) is 2.68. The smallest absolute Gasteiger partial charge is 0.242 e. The molecule has 3 heteroatoms. The van der Waals surface area contributed by atoms with Crippen LogP contribution in [0.3, 0.4) is 0 Å². The number of hydrogen-bond donors (Lipinski definition) is 0. The van der Waals surface area contributed by atoms with Crippen molar-refractivity contribution in [1.82, 2.24) is 0 Å². The van der Waals surface area contributed by atoms with E-state index in [4.69, 9.17) is 4.74 Å². The maximum Gasteiger partial charge on any atom is 0.242 e. The molecule has 0 aromatic carbocycles. The lowest BCUT2D eigenvalue weighted by atomic mass is 10.1. The van der Waals surface area contributed by atoms with Crippen LogP contribution in [0.25, 0.3) is 0 Å². The molecule has 0 radical (unpaired) electrons. The summed E-state index contributed by atoms with van der Waals surface area (Å²) in [5.41, 5.74) is 1.35. The van der Waals surface area contributed by atoms with Crippen molar-refractivity contribution < 1.29 is 13.5 Å². The van der Waals surface area contributed by atoms with Gasteiger partial charge in [-0.3, -0.25) is 0 Å². The van der Waals surface area contributed by atoms with Crippen molar-refractivity contribution in [2.75, 3.05) is 13.7 Å². The minimum absolute atomic E-state index is 0.192. The molecule has 0 aliphatic heterocycles. The zero-order valence-corrected chi connectivity index (χ0v) is 7.44. The maximum absolute atomic E-state index is 11.8. The van der Waals surface area contributed by atoms with Gasteiger partial charge in [-0.25, -0.2) is 8.78 Å². The fourth-order valence-corrected chi connectivity index (χ4v) is 0.878. The average Bonchev–Trinajstić information content (AvgIpc) is 1.84. The van der Waals surface area contributed by atoms with Crippen molar-refractivity contribution >= 4 is 0 Å². The van der Waals surface area contributed by atoms with Gasteiger partial charge in [-0.15, -0.1) is 0 Å². The Labute approximate surface area is 71.7 Å². The molecule has 0 aromatic heterocycles. The van der Waals surface area contributed by atoms with E-state index in [1.807, 2.05) is 0 Å². The third-order valence-electron chi connectivity index (χ3n) is 1.26. The first-order valence-corrected chi connectivity index (χ1v) is 3.68. The van der Waals surface area contributed by atoms with Gasteiger partial charge >= 0.3 is 0 Å². The summed E-state index contributed by atoms with van der Waals surface area (Å²) in [6, 6.07) is 0. The molecule has 70 valence electrons. The third-order valence-corrected chi connectivity index (χ3v) is 1.26. The molecule has 0 heterocycles. The number of ether oxygens (including phenoxy) is 1. The Morgan fingerprint density at radius 2 is 2.17 bits per heavy atom. The van der Waals surface area contributed by atoms with E-state index in [9.17, 15) is 8.78 Å². The Morgan fingerprint density at radius 3 is 2.58 bits per heavy atom. The van der Waals surface area contributed by atoms with Crippen LogP contribution >= 0.6 is 0 Å². The summed E-state index contributed by atoms with van der Waals surface area (Å²) < 4.78 is 28.4. The minimum atomic E-state index is -2.28. The fourth-order valence-electron chi connectivity index (χ4n) is 0.878. The summed E-state index contributed by atoms with van der Waals surface area (Å²) >= 11 is 0. The zero-order chi connectivity index (χ0) is 9.56. The van der Waals surface area contributed by atoms with E-state index < -0.39 is 6.43 Å². The molecule has 12 heavy (non-hydrogen) atoms. The molecule has 0 spiro atoms. The molecule has 0 bridgehead atoms. The van der Waals surface area contributed by atoms with Crippen LogP contribution < -0.4 is 0 Å². The molecule has 0 aliphatic rings. The van der Waals surface area contributed by atoms with Gasteiger partial charge in [0.15, 0.2) is 0 Å². The van der Waals surface area contributed by atoms with Gasteiger partial charge in [-0.2, -0.15) is 0 Å². The summed E-state index contributed by atoms with van der Waals surface area (Å²) in [6.07, 6.45) is -0.838.